The number of hydrogen-bond donors (Lipinski definition) is 2. The standard InChI is InChI=1S/C16H19NO3S/c1-12-6-7-16(8-13(12)2)21(19,20)17-10-14-4-3-5-15(9-14)11-18/h3-9,17-18H,10-11H2,1-2H3. The van der Waals surface area contributed by atoms with E-state index >= 15 is 0 Å². The van der Waals surface area contributed by atoms with Crippen molar-refractivity contribution in [2.75, 3.05) is 0 Å². The third-order valence-corrected chi connectivity index (χ3v) is 4.83. The summed E-state index contributed by atoms with van der Waals surface area (Å²) in [5, 5.41) is 9.09. The van der Waals surface area contributed by atoms with Gasteiger partial charge in [-0.3, -0.25) is 0 Å². The van der Waals surface area contributed by atoms with E-state index in [-0.39, 0.29) is 18.0 Å². The van der Waals surface area contributed by atoms with E-state index in [2.05, 4.69) is 4.72 Å². The minimum absolute atomic E-state index is 0.0578. The summed E-state index contributed by atoms with van der Waals surface area (Å²) in [5.74, 6) is 0. The summed E-state index contributed by atoms with van der Waals surface area (Å²) in [5.41, 5.74) is 3.58. The molecule has 2 aromatic carbocycles. The fourth-order valence-electron chi connectivity index (χ4n) is 1.98. The summed E-state index contributed by atoms with van der Waals surface area (Å²) in [6, 6.07) is 12.3. The number of aliphatic hydroxyl groups excluding tert-OH is 1. The third-order valence-electron chi connectivity index (χ3n) is 3.43. The van der Waals surface area contributed by atoms with Crippen LogP contribution in [-0.4, -0.2) is 13.5 Å². The molecule has 0 atom stereocenters. The minimum Gasteiger partial charge on any atom is -0.392 e. The SMILES string of the molecule is Cc1ccc(S(=O)(=O)NCc2cccc(CO)c2)cc1C. The number of aryl methyl sites for hydroxylation is 2. The Morgan fingerprint density at radius 1 is 1.00 bits per heavy atom. The van der Waals surface area contributed by atoms with Gasteiger partial charge in [0.1, 0.15) is 0 Å². The second kappa shape index (κ2) is 6.39. The van der Waals surface area contributed by atoms with Crippen LogP contribution in [0, 0.1) is 13.8 Å². The molecule has 0 spiro atoms. The second-order valence-electron chi connectivity index (χ2n) is 5.05. The van der Waals surface area contributed by atoms with E-state index in [0.717, 1.165) is 22.3 Å². The van der Waals surface area contributed by atoms with Gasteiger partial charge in [0.15, 0.2) is 0 Å². The predicted molar refractivity (Wildman–Crippen MR) is 82.3 cm³/mol. The molecule has 21 heavy (non-hydrogen) atoms. The molecule has 4 nitrogen and oxygen atoms in total. The zero-order valence-corrected chi connectivity index (χ0v) is 12.9. The molecule has 2 N–H and O–H groups in total. The highest BCUT2D eigenvalue weighted by Gasteiger charge is 2.14. The van der Waals surface area contributed by atoms with Crippen molar-refractivity contribution in [1.29, 1.82) is 0 Å². The number of rotatable bonds is 5. The average molecular weight is 305 g/mol. The van der Waals surface area contributed by atoms with Crippen LogP contribution in [0.1, 0.15) is 22.3 Å². The summed E-state index contributed by atoms with van der Waals surface area (Å²) in [6.07, 6.45) is 0. The first-order chi connectivity index (χ1) is 9.92. The Balaban J connectivity index is 2.15. The molecule has 5 heteroatoms. The largest absolute Gasteiger partial charge is 0.392 e. The van der Waals surface area contributed by atoms with Crippen LogP contribution < -0.4 is 4.72 Å². The number of nitrogens with one attached hydrogen (secondary N) is 1. The fourth-order valence-corrected chi connectivity index (χ4v) is 3.08. The van der Waals surface area contributed by atoms with E-state index in [4.69, 9.17) is 5.11 Å². The lowest BCUT2D eigenvalue weighted by Crippen LogP contribution is -2.23. The summed E-state index contributed by atoms with van der Waals surface area (Å²) in [4.78, 5) is 0.268. The monoisotopic (exact) mass is 305 g/mol. The maximum absolute atomic E-state index is 12.3. The zero-order valence-electron chi connectivity index (χ0n) is 12.1. The normalized spacial score (nSPS) is 11.6. The first kappa shape index (κ1) is 15.7. The fraction of sp³-hybridized carbons (Fsp3) is 0.250. The lowest BCUT2D eigenvalue weighted by molar-refractivity contribution is 0.281. The van der Waals surface area contributed by atoms with Crippen LogP contribution >= 0.6 is 0 Å². The van der Waals surface area contributed by atoms with Gasteiger partial charge in [-0.15, -0.1) is 0 Å². The molecule has 0 bridgehead atoms. The molecule has 0 saturated heterocycles. The maximum atomic E-state index is 12.3. The van der Waals surface area contributed by atoms with Crippen LogP contribution in [0.5, 0.6) is 0 Å². The minimum atomic E-state index is -3.53. The molecule has 0 radical (unpaired) electrons. The Hall–Kier alpha value is -1.69. The van der Waals surface area contributed by atoms with Crippen LogP contribution in [0.3, 0.4) is 0 Å². The molecule has 0 unspecified atom stereocenters. The van der Waals surface area contributed by atoms with Crippen molar-refractivity contribution in [1.82, 2.24) is 4.72 Å². The van der Waals surface area contributed by atoms with E-state index in [0.29, 0.717) is 0 Å². The highest BCUT2D eigenvalue weighted by Crippen LogP contribution is 2.15. The van der Waals surface area contributed by atoms with Crippen molar-refractivity contribution >= 4 is 10.0 Å². The smallest absolute Gasteiger partial charge is 0.240 e. The molecule has 112 valence electrons. The van der Waals surface area contributed by atoms with Gasteiger partial charge in [-0.2, -0.15) is 0 Å². The van der Waals surface area contributed by atoms with E-state index in [1.54, 1.807) is 36.4 Å². The second-order valence-corrected chi connectivity index (χ2v) is 6.82. The molecular weight excluding hydrogens is 286 g/mol. The Morgan fingerprint density at radius 3 is 2.38 bits per heavy atom. The van der Waals surface area contributed by atoms with Gasteiger partial charge in [0, 0.05) is 6.54 Å². The molecule has 0 fully saturated rings. The van der Waals surface area contributed by atoms with E-state index in [1.807, 2.05) is 19.9 Å². The number of benzene rings is 2. The van der Waals surface area contributed by atoms with Gasteiger partial charge < -0.3 is 5.11 Å². The quantitative estimate of drug-likeness (QED) is 0.890. The molecule has 0 heterocycles. The highest BCUT2D eigenvalue weighted by molar-refractivity contribution is 7.89. The van der Waals surface area contributed by atoms with E-state index in [1.165, 1.54) is 0 Å². The van der Waals surface area contributed by atoms with Crippen LogP contribution in [0.25, 0.3) is 0 Å². The molecule has 0 aliphatic heterocycles. The topological polar surface area (TPSA) is 66.4 Å². The van der Waals surface area contributed by atoms with Gasteiger partial charge in [-0.05, 0) is 48.2 Å². The van der Waals surface area contributed by atoms with Crippen LogP contribution in [-0.2, 0) is 23.2 Å². The van der Waals surface area contributed by atoms with Crippen molar-refractivity contribution in [3.05, 3.63) is 64.7 Å². The zero-order chi connectivity index (χ0) is 15.5. The van der Waals surface area contributed by atoms with Crippen molar-refractivity contribution in [3.8, 4) is 0 Å². The van der Waals surface area contributed by atoms with Crippen molar-refractivity contribution in [3.63, 3.8) is 0 Å². The number of hydrogen-bond acceptors (Lipinski definition) is 3. The van der Waals surface area contributed by atoms with Gasteiger partial charge in [0.25, 0.3) is 0 Å². The molecule has 0 amide bonds. The van der Waals surface area contributed by atoms with Crippen molar-refractivity contribution in [2.45, 2.75) is 31.9 Å². The lowest BCUT2D eigenvalue weighted by Gasteiger charge is -2.09. The molecular formula is C16H19NO3S. The highest BCUT2D eigenvalue weighted by atomic mass is 32.2. The molecule has 0 aromatic heterocycles. The lowest BCUT2D eigenvalue weighted by atomic mass is 10.1. The average Bonchev–Trinajstić information content (AvgIpc) is 2.48. The first-order valence-electron chi connectivity index (χ1n) is 6.68. The summed E-state index contributed by atoms with van der Waals surface area (Å²) >= 11 is 0. The molecule has 0 saturated carbocycles. The van der Waals surface area contributed by atoms with Crippen molar-refractivity contribution in [2.24, 2.45) is 0 Å². The Morgan fingerprint density at radius 2 is 1.71 bits per heavy atom. The van der Waals surface area contributed by atoms with Gasteiger partial charge in [-0.1, -0.05) is 30.3 Å². The summed E-state index contributed by atoms with van der Waals surface area (Å²) in [6.45, 7) is 3.97. The van der Waals surface area contributed by atoms with E-state index < -0.39 is 10.0 Å². The molecule has 2 aromatic rings. The number of aliphatic hydroxyl groups is 1. The summed E-state index contributed by atoms with van der Waals surface area (Å²) in [7, 11) is -3.53. The van der Waals surface area contributed by atoms with E-state index in [9.17, 15) is 8.42 Å². The molecule has 2 rings (SSSR count). The Labute approximate surface area is 125 Å². The first-order valence-corrected chi connectivity index (χ1v) is 8.16. The van der Waals surface area contributed by atoms with Crippen LogP contribution in [0.2, 0.25) is 0 Å². The predicted octanol–water partition coefficient (Wildman–Crippen LogP) is 2.27. The maximum Gasteiger partial charge on any atom is 0.240 e. The molecule has 0 aliphatic carbocycles. The van der Waals surface area contributed by atoms with Crippen LogP contribution in [0.4, 0.5) is 0 Å². The van der Waals surface area contributed by atoms with Gasteiger partial charge >= 0.3 is 0 Å². The summed E-state index contributed by atoms with van der Waals surface area (Å²) < 4.78 is 27.1. The van der Waals surface area contributed by atoms with Crippen molar-refractivity contribution < 1.29 is 13.5 Å². The number of sulfonamides is 1. The van der Waals surface area contributed by atoms with Crippen LogP contribution in [0.15, 0.2) is 47.4 Å². The Bertz CT molecular complexity index is 739. The van der Waals surface area contributed by atoms with Gasteiger partial charge in [0.05, 0.1) is 11.5 Å². The van der Waals surface area contributed by atoms with Gasteiger partial charge in [0.2, 0.25) is 10.0 Å². The Kier molecular flexibility index (Phi) is 4.77. The van der Waals surface area contributed by atoms with Gasteiger partial charge in [-0.25, -0.2) is 13.1 Å². The third kappa shape index (κ3) is 3.91. The molecule has 0 aliphatic rings.